The number of nitrogens with one attached hydrogen (secondary N) is 2. The van der Waals surface area contributed by atoms with Crippen LogP contribution in [-0.2, 0) is 6.54 Å². The predicted octanol–water partition coefficient (Wildman–Crippen LogP) is 1.79. The molecule has 1 aromatic rings. The molecule has 4 heteroatoms. The fourth-order valence-corrected chi connectivity index (χ4v) is 2.49. The zero-order valence-electron chi connectivity index (χ0n) is 11.9. The van der Waals surface area contributed by atoms with Gasteiger partial charge in [0.25, 0.3) is 0 Å². The summed E-state index contributed by atoms with van der Waals surface area (Å²) in [6, 6.07) is 6.06. The standard InChI is InChI=1S/C15H24N2O2/c1-18-14-4-3-13(9-15(14)19-2)11-17-8-6-12-5-7-16-10-12/h3-4,9,12,16-17H,5-8,10-11H2,1-2H3. The molecule has 106 valence electrons. The number of ether oxygens (including phenoxy) is 2. The normalized spacial score (nSPS) is 18.5. The monoisotopic (exact) mass is 264 g/mol. The highest BCUT2D eigenvalue weighted by Gasteiger charge is 2.13. The summed E-state index contributed by atoms with van der Waals surface area (Å²) in [6.45, 7) is 4.31. The van der Waals surface area contributed by atoms with Gasteiger partial charge in [-0.3, -0.25) is 0 Å². The van der Waals surface area contributed by atoms with Crippen molar-refractivity contribution in [3.63, 3.8) is 0 Å². The molecule has 1 aliphatic rings. The van der Waals surface area contributed by atoms with Gasteiger partial charge in [-0.25, -0.2) is 0 Å². The quantitative estimate of drug-likeness (QED) is 0.737. The minimum Gasteiger partial charge on any atom is -0.493 e. The number of methoxy groups -OCH3 is 2. The second kappa shape index (κ2) is 7.36. The van der Waals surface area contributed by atoms with Crippen molar-refractivity contribution in [2.45, 2.75) is 19.4 Å². The molecule has 4 nitrogen and oxygen atoms in total. The summed E-state index contributed by atoms with van der Waals surface area (Å²) in [7, 11) is 3.33. The van der Waals surface area contributed by atoms with Crippen molar-refractivity contribution < 1.29 is 9.47 Å². The third kappa shape index (κ3) is 4.11. The van der Waals surface area contributed by atoms with E-state index in [9.17, 15) is 0 Å². The summed E-state index contributed by atoms with van der Waals surface area (Å²) in [6.07, 6.45) is 2.57. The van der Waals surface area contributed by atoms with E-state index in [1.807, 2.05) is 12.1 Å². The maximum Gasteiger partial charge on any atom is 0.161 e. The van der Waals surface area contributed by atoms with Gasteiger partial charge >= 0.3 is 0 Å². The first kappa shape index (κ1) is 14.2. The predicted molar refractivity (Wildman–Crippen MR) is 76.8 cm³/mol. The van der Waals surface area contributed by atoms with Crippen LogP contribution in [0.5, 0.6) is 11.5 Å². The summed E-state index contributed by atoms with van der Waals surface area (Å²) < 4.78 is 10.5. The molecule has 0 aromatic heterocycles. The molecule has 1 saturated heterocycles. The molecule has 19 heavy (non-hydrogen) atoms. The van der Waals surface area contributed by atoms with Gasteiger partial charge in [0.15, 0.2) is 11.5 Å². The van der Waals surface area contributed by atoms with Crippen molar-refractivity contribution in [2.24, 2.45) is 5.92 Å². The van der Waals surface area contributed by atoms with E-state index < -0.39 is 0 Å². The highest BCUT2D eigenvalue weighted by molar-refractivity contribution is 5.42. The number of hydrogen-bond acceptors (Lipinski definition) is 4. The third-order valence-corrected chi connectivity index (χ3v) is 3.67. The van der Waals surface area contributed by atoms with Gasteiger partial charge in [0, 0.05) is 6.54 Å². The van der Waals surface area contributed by atoms with E-state index >= 15 is 0 Å². The lowest BCUT2D eigenvalue weighted by Crippen LogP contribution is -2.19. The Hall–Kier alpha value is -1.26. The largest absolute Gasteiger partial charge is 0.493 e. The van der Waals surface area contributed by atoms with Gasteiger partial charge in [0.2, 0.25) is 0 Å². The smallest absolute Gasteiger partial charge is 0.161 e. The van der Waals surface area contributed by atoms with Crippen molar-refractivity contribution in [3.05, 3.63) is 23.8 Å². The first-order valence-corrected chi connectivity index (χ1v) is 6.96. The van der Waals surface area contributed by atoms with E-state index in [0.29, 0.717) is 0 Å². The Morgan fingerprint density at radius 3 is 2.79 bits per heavy atom. The van der Waals surface area contributed by atoms with Gasteiger partial charge in [-0.2, -0.15) is 0 Å². The number of rotatable bonds is 7. The van der Waals surface area contributed by atoms with Crippen LogP contribution in [0.3, 0.4) is 0 Å². The van der Waals surface area contributed by atoms with Gasteiger partial charge in [0.05, 0.1) is 14.2 Å². The van der Waals surface area contributed by atoms with E-state index in [0.717, 1.165) is 30.5 Å². The zero-order valence-corrected chi connectivity index (χ0v) is 11.9. The molecule has 1 aromatic carbocycles. The molecule has 2 rings (SSSR count). The second-order valence-corrected chi connectivity index (χ2v) is 5.01. The minimum absolute atomic E-state index is 0.781. The summed E-state index contributed by atoms with van der Waals surface area (Å²) >= 11 is 0. The third-order valence-electron chi connectivity index (χ3n) is 3.67. The molecule has 1 atom stereocenters. The maximum absolute atomic E-state index is 5.30. The number of benzene rings is 1. The molecule has 1 aliphatic heterocycles. The fourth-order valence-electron chi connectivity index (χ4n) is 2.49. The molecule has 1 fully saturated rings. The van der Waals surface area contributed by atoms with Crippen LogP contribution >= 0.6 is 0 Å². The van der Waals surface area contributed by atoms with E-state index in [2.05, 4.69) is 16.7 Å². The molecule has 1 heterocycles. The molecule has 1 unspecified atom stereocenters. The molecule has 2 N–H and O–H groups in total. The van der Waals surface area contributed by atoms with Crippen LogP contribution in [-0.4, -0.2) is 33.9 Å². The van der Waals surface area contributed by atoms with Gasteiger partial charge < -0.3 is 20.1 Å². The minimum atomic E-state index is 0.781. The average Bonchev–Trinajstić information content (AvgIpc) is 2.96. The van der Waals surface area contributed by atoms with Crippen LogP contribution < -0.4 is 20.1 Å². The van der Waals surface area contributed by atoms with Crippen LogP contribution in [0.4, 0.5) is 0 Å². The average molecular weight is 264 g/mol. The lowest BCUT2D eigenvalue weighted by molar-refractivity contribution is 0.354. The van der Waals surface area contributed by atoms with Crippen molar-refractivity contribution in [3.8, 4) is 11.5 Å². The lowest BCUT2D eigenvalue weighted by atomic mass is 10.1. The van der Waals surface area contributed by atoms with E-state index in [4.69, 9.17) is 9.47 Å². The van der Waals surface area contributed by atoms with Crippen LogP contribution in [0.2, 0.25) is 0 Å². The van der Waals surface area contributed by atoms with Crippen LogP contribution in [0.1, 0.15) is 18.4 Å². The summed E-state index contributed by atoms with van der Waals surface area (Å²) in [5.74, 6) is 2.42. The zero-order chi connectivity index (χ0) is 13.5. The van der Waals surface area contributed by atoms with Crippen LogP contribution in [0, 0.1) is 5.92 Å². The van der Waals surface area contributed by atoms with Crippen molar-refractivity contribution in [2.75, 3.05) is 33.9 Å². The van der Waals surface area contributed by atoms with Crippen molar-refractivity contribution in [1.82, 2.24) is 10.6 Å². The first-order valence-electron chi connectivity index (χ1n) is 6.96. The topological polar surface area (TPSA) is 42.5 Å². The summed E-state index contributed by atoms with van der Waals surface area (Å²) in [5, 5.41) is 6.89. The van der Waals surface area contributed by atoms with E-state index in [1.165, 1.54) is 31.5 Å². The fraction of sp³-hybridized carbons (Fsp3) is 0.600. The number of hydrogen-bond donors (Lipinski definition) is 2. The van der Waals surface area contributed by atoms with E-state index in [-0.39, 0.29) is 0 Å². The van der Waals surface area contributed by atoms with Gasteiger partial charge in [-0.1, -0.05) is 6.07 Å². The lowest BCUT2D eigenvalue weighted by Gasteiger charge is -2.11. The van der Waals surface area contributed by atoms with Gasteiger partial charge in [-0.05, 0) is 56.1 Å². The molecular weight excluding hydrogens is 240 g/mol. The molecule has 0 amide bonds. The molecule has 0 spiro atoms. The Kier molecular flexibility index (Phi) is 5.48. The SMILES string of the molecule is COc1ccc(CNCCC2CCNC2)cc1OC. The highest BCUT2D eigenvalue weighted by atomic mass is 16.5. The van der Waals surface area contributed by atoms with Crippen molar-refractivity contribution in [1.29, 1.82) is 0 Å². The Labute approximate surface area is 115 Å². The molecule has 0 radical (unpaired) electrons. The first-order chi connectivity index (χ1) is 9.33. The second-order valence-electron chi connectivity index (χ2n) is 5.01. The maximum atomic E-state index is 5.30. The Morgan fingerprint density at radius 2 is 2.11 bits per heavy atom. The Bertz CT molecular complexity index is 390. The summed E-state index contributed by atoms with van der Waals surface area (Å²) in [5.41, 5.74) is 1.22. The molecular formula is C15H24N2O2. The Morgan fingerprint density at radius 1 is 1.26 bits per heavy atom. The van der Waals surface area contributed by atoms with Crippen LogP contribution in [0.25, 0.3) is 0 Å². The molecule has 0 saturated carbocycles. The highest BCUT2D eigenvalue weighted by Crippen LogP contribution is 2.27. The molecule has 0 bridgehead atoms. The van der Waals surface area contributed by atoms with Crippen molar-refractivity contribution >= 4 is 0 Å². The molecule has 0 aliphatic carbocycles. The van der Waals surface area contributed by atoms with Gasteiger partial charge in [0.1, 0.15) is 0 Å². The van der Waals surface area contributed by atoms with E-state index in [1.54, 1.807) is 14.2 Å². The van der Waals surface area contributed by atoms with Gasteiger partial charge in [-0.15, -0.1) is 0 Å². The Balaban J connectivity index is 1.75. The summed E-state index contributed by atoms with van der Waals surface area (Å²) in [4.78, 5) is 0. The van der Waals surface area contributed by atoms with Crippen LogP contribution in [0.15, 0.2) is 18.2 Å².